The third-order valence-electron chi connectivity index (χ3n) is 4.35. The normalized spacial score (nSPS) is 15.0. The molecule has 25 heavy (non-hydrogen) atoms. The molecule has 1 aliphatic carbocycles. The van der Waals surface area contributed by atoms with Gasteiger partial charge in [0.25, 0.3) is 5.91 Å². The van der Waals surface area contributed by atoms with Crippen molar-refractivity contribution in [2.75, 3.05) is 5.32 Å². The van der Waals surface area contributed by atoms with Crippen molar-refractivity contribution in [3.05, 3.63) is 47.8 Å². The van der Waals surface area contributed by atoms with Gasteiger partial charge >= 0.3 is 0 Å². The van der Waals surface area contributed by atoms with Crippen molar-refractivity contribution in [2.24, 2.45) is 0 Å². The number of rotatable bonds is 4. The molecule has 0 spiro atoms. The van der Waals surface area contributed by atoms with Crippen LogP contribution in [0.15, 0.2) is 36.7 Å². The first-order valence-corrected chi connectivity index (χ1v) is 8.65. The van der Waals surface area contributed by atoms with Crippen LogP contribution in [-0.2, 0) is 0 Å². The van der Waals surface area contributed by atoms with Crippen molar-refractivity contribution in [2.45, 2.75) is 44.6 Å². The molecule has 1 heterocycles. The second-order valence-electron chi connectivity index (χ2n) is 6.27. The standard InChI is InChI=1S/C19H21N5O/c20-11-14-6-5-9-17(10-14)24-19-21-12-15(13-22-19)18(25)23-16-7-3-1-2-4-8-16/h5-6,9-10,12-13,16H,1-4,7-8H2,(H,23,25)(H,21,22,24). The number of carbonyl (C=O) groups excluding carboxylic acids is 1. The van der Waals surface area contributed by atoms with Crippen LogP contribution in [0, 0.1) is 11.3 Å². The van der Waals surface area contributed by atoms with Gasteiger partial charge in [0.15, 0.2) is 0 Å². The first-order valence-electron chi connectivity index (χ1n) is 8.65. The van der Waals surface area contributed by atoms with Gasteiger partial charge in [-0.2, -0.15) is 5.26 Å². The molecule has 0 radical (unpaired) electrons. The molecule has 1 aromatic heterocycles. The molecule has 6 nitrogen and oxygen atoms in total. The lowest BCUT2D eigenvalue weighted by atomic mass is 10.1. The molecule has 1 aromatic carbocycles. The average molecular weight is 335 g/mol. The first kappa shape index (κ1) is 16.9. The number of carbonyl (C=O) groups is 1. The highest BCUT2D eigenvalue weighted by atomic mass is 16.1. The van der Waals surface area contributed by atoms with Crippen molar-refractivity contribution >= 4 is 17.5 Å². The number of hydrogen-bond donors (Lipinski definition) is 2. The highest BCUT2D eigenvalue weighted by Gasteiger charge is 2.16. The van der Waals surface area contributed by atoms with Crippen LogP contribution in [0.4, 0.5) is 11.6 Å². The average Bonchev–Trinajstić information content (AvgIpc) is 2.91. The van der Waals surface area contributed by atoms with Gasteiger partial charge in [0.1, 0.15) is 0 Å². The van der Waals surface area contributed by atoms with Crippen LogP contribution in [0.2, 0.25) is 0 Å². The largest absolute Gasteiger partial charge is 0.349 e. The predicted octanol–water partition coefficient (Wildman–Crippen LogP) is 3.54. The van der Waals surface area contributed by atoms with E-state index in [9.17, 15) is 4.79 Å². The van der Waals surface area contributed by atoms with Crippen LogP contribution in [0.25, 0.3) is 0 Å². The summed E-state index contributed by atoms with van der Waals surface area (Å²) in [6.07, 6.45) is 9.98. The zero-order valence-electron chi connectivity index (χ0n) is 14.0. The Labute approximate surface area is 147 Å². The second kappa shape index (κ2) is 8.25. The van der Waals surface area contributed by atoms with Crippen molar-refractivity contribution < 1.29 is 4.79 Å². The molecule has 1 amide bonds. The third-order valence-corrected chi connectivity index (χ3v) is 4.35. The van der Waals surface area contributed by atoms with Gasteiger partial charge in [0.05, 0.1) is 17.2 Å². The first-order chi connectivity index (χ1) is 12.2. The smallest absolute Gasteiger partial charge is 0.254 e. The van der Waals surface area contributed by atoms with E-state index in [0.29, 0.717) is 17.1 Å². The van der Waals surface area contributed by atoms with E-state index in [1.807, 2.05) is 6.07 Å². The van der Waals surface area contributed by atoms with Gasteiger partial charge in [0, 0.05) is 24.1 Å². The van der Waals surface area contributed by atoms with Gasteiger partial charge in [0.2, 0.25) is 5.95 Å². The topological polar surface area (TPSA) is 90.7 Å². The third kappa shape index (κ3) is 4.77. The van der Waals surface area contributed by atoms with E-state index in [1.165, 1.54) is 38.1 Å². The summed E-state index contributed by atoms with van der Waals surface area (Å²) in [5.41, 5.74) is 1.75. The summed E-state index contributed by atoms with van der Waals surface area (Å²) in [6, 6.07) is 9.40. The minimum atomic E-state index is -0.120. The van der Waals surface area contributed by atoms with Crippen molar-refractivity contribution in [3.8, 4) is 6.07 Å². The molecular weight excluding hydrogens is 314 g/mol. The highest BCUT2D eigenvalue weighted by molar-refractivity contribution is 5.93. The Hall–Kier alpha value is -2.94. The monoisotopic (exact) mass is 335 g/mol. The van der Waals surface area contributed by atoms with E-state index in [4.69, 9.17) is 5.26 Å². The van der Waals surface area contributed by atoms with Crippen LogP contribution in [0.3, 0.4) is 0 Å². The van der Waals surface area contributed by atoms with E-state index in [2.05, 4.69) is 26.7 Å². The number of nitrogens with one attached hydrogen (secondary N) is 2. The Balaban J connectivity index is 1.61. The summed E-state index contributed by atoms with van der Waals surface area (Å²) in [7, 11) is 0. The van der Waals surface area contributed by atoms with Gasteiger partial charge in [-0.1, -0.05) is 31.7 Å². The van der Waals surface area contributed by atoms with E-state index >= 15 is 0 Å². The maximum Gasteiger partial charge on any atom is 0.254 e. The summed E-state index contributed by atoms with van der Waals surface area (Å²) in [5.74, 6) is 0.269. The highest BCUT2D eigenvalue weighted by Crippen LogP contribution is 2.18. The van der Waals surface area contributed by atoms with Gasteiger partial charge in [-0.15, -0.1) is 0 Å². The lowest BCUT2D eigenvalue weighted by Crippen LogP contribution is -2.34. The zero-order chi connectivity index (χ0) is 17.5. The molecule has 1 fully saturated rings. The van der Waals surface area contributed by atoms with Crippen molar-refractivity contribution in [1.82, 2.24) is 15.3 Å². The minimum Gasteiger partial charge on any atom is -0.349 e. The summed E-state index contributed by atoms with van der Waals surface area (Å²) in [6.45, 7) is 0. The molecule has 0 atom stereocenters. The molecule has 2 N–H and O–H groups in total. The number of hydrogen-bond acceptors (Lipinski definition) is 5. The minimum absolute atomic E-state index is 0.120. The van der Waals surface area contributed by atoms with E-state index in [-0.39, 0.29) is 11.9 Å². The van der Waals surface area contributed by atoms with Crippen LogP contribution < -0.4 is 10.6 Å². The molecule has 0 bridgehead atoms. The lowest BCUT2D eigenvalue weighted by molar-refractivity contribution is 0.0932. The van der Waals surface area contributed by atoms with Crippen LogP contribution in [0.5, 0.6) is 0 Å². The molecule has 0 aliphatic heterocycles. The summed E-state index contributed by atoms with van der Waals surface area (Å²) in [4.78, 5) is 20.7. The van der Waals surface area contributed by atoms with E-state index in [1.54, 1.807) is 18.2 Å². The van der Waals surface area contributed by atoms with Gasteiger partial charge < -0.3 is 10.6 Å². The molecule has 0 unspecified atom stereocenters. The number of nitriles is 1. The van der Waals surface area contributed by atoms with E-state index < -0.39 is 0 Å². The molecule has 128 valence electrons. The zero-order valence-corrected chi connectivity index (χ0v) is 14.0. The molecule has 2 aromatic rings. The molecule has 1 saturated carbocycles. The van der Waals surface area contributed by atoms with Crippen LogP contribution >= 0.6 is 0 Å². The fraction of sp³-hybridized carbons (Fsp3) is 0.368. The molecule has 0 saturated heterocycles. The van der Waals surface area contributed by atoms with Crippen LogP contribution in [0.1, 0.15) is 54.4 Å². The number of aromatic nitrogens is 2. The molecular formula is C19H21N5O. The SMILES string of the molecule is N#Cc1cccc(Nc2ncc(C(=O)NC3CCCCCC3)cn2)c1. The Morgan fingerprint density at radius 1 is 1.12 bits per heavy atom. The quantitative estimate of drug-likeness (QED) is 0.834. The van der Waals surface area contributed by atoms with E-state index in [0.717, 1.165) is 18.5 Å². The molecule has 6 heteroatoms. The predicted molar refractivity (Wildman–Crippen MR) is 95.4 cm³/mol. The van der Waals surface area contributed by atoms with Gasteiger partial charge in [-0.05, 0) is 31.0 Å². The number of benzene rings is 1. The Morgan fingerprint density at radius 3 is 2.52 bits per heavy atom. The summed E-state index contributed by atoms with van der Waals surface area (Å²) >= 11 is 0. The number of amides is 1. The Bertz CT molecular complexity index is 758. The summed E-state index contributed by atoms with van der Waals surface area (Å²) < 4.78 is 0. The summed E-state index contributed by atoms with van der Waals surface area (Å²) in [5, 5.41) is 15.0. The van der Waals surface area contributed by atoms with Crippen molar-refractivity contribution in [1.29, 1.82) is 5.26 Å². The number of nitrogens with zero attached hydrogens (tertiary/aromatic N) is 3. The van der Waals surface area contributed by atoms with Gasteiger partial charge in [-0.3, -0.25) is 4.79 Å². The number of anilines is 2. The Morgan fingerprint density at radius 2 is 1.84 bits per heavy atom. The maximum atomic E-state index is 12.3. The van der Waals surface area contributed by atoms with Gasteiger partial charge in [-0.25, -0.2) is 9.97 Å². The fourth-order valence-corrected chi connectivity index (χ4v) is 3.00. The van der Waals surface area contributed by atoms with Crippen molar-refractivity contribution in [3.63, 3.8) is 0 Å². The Kier molecular flexibility index (Phi) is 5.57. The van der Waals surface area contributed by atoms with Crippen LogP contribution in [-0.4, -0.2) is 21.9 Å². The molecule has 3 rings (SSSR count). The second-order valence-corrected chi connectivity index (χ2v) is 6.27. The lowest BCUT2D eigenvalue weighted by Gasteiger charge is -2.16. The fourth-order valence-electron chi connectivity index (χ4n) is 3.00. The maximum absolute atomic E-state index is 12.3. The molecule has 1 aliphatic rings.